The summed E-state index contributed by atoms with van der Waals surface area (Å²) in [6.45, 7) is 1.58. The summed E-state index contributed by atoms with van der Waals surface area (Å²) < 4.78 is 95.8. The molecular formula is C29H31F6N7O6. The van der Waals surface area contributed by atoms with E-state index >= 15 is 0 Å². The first-order valence-corrected chi connectivity index (χ1v) is 14.4. The van der Waals surface area contributed by atoms with Crippen molar-refractivity contribution < 1.29 is 50.1 Å². The van der Waals surface area contributed by atoms with Gasteiger partial charge in [0.1, 0.15) is 18.5 Å². The number of hydrogen-bond acceptors (Lipinski definition) is 10. The van der Waals surface area contributed by atoms with Crippen LogP contribution in [0.2, 0.25) is 0 Å². The topological polar surface area (TPSA) is 141 Å². The van der Waals surface area contributed by atoms with Gasteiger partial charge in [-0.2, -0.15) is 31.4 Å². The van der Waals surface area contributed by atoms with Crippen LogP contribution in [0.3, 0.4) is 0 Å². The van der Waals surface area contributed by atoms with Crippen molar-refractivity contribution in [3.8, 4) is 11.5 Å². The average Bonchev–Trinajstić information content (AvgIpc) is 3.04. The molecule has 1 N–H and O–H groups in total. The van der Waals surface area contributed by atoms with E-state index in [0.29, 0.717) is 28.4 Å². The summed E-state index contributed by atoms with van der Waals surface area (Å²) in [6, 6.07) is 6.35. The number of alkyl halides is 6. The number of methoxy groups -OCH3 is 1. The van der Waals surface area contributed by atoms with E-state index in [0.717, 1.165) is 6.20 Å². The van der Waals surface area contributed by atoms with Gasteiger partial charge in [0, 0.05) is 38.6 Å². The molecule has 0 spiro atoms. The highest BCUT2D eigenvalue weighted by Gasteiger charge is 2.39. The molecule has 0 unspecified atom stereocenters. The minimum absolute atomic E-state index is 0.105. The molecule has 0 aliphatic carbocycles. The van der Waals surface area contributed by atoms with E-state index in [1.165, 1.54) is 18.9 Å². The van der Waals surface area contributed by atoms with Crippen molar-refractivity contribution in [3.05, 3.63) is 69.9 Å². The molecule has 3 heterocycles. The maximum atomic E-state index is 13.9. The monoisotopic (exact) mass is 687 g/mol. The first-order chi connectivity index (χ1) is 22.7. The number of amides is 2. The molecule has 0 saturated carbocycles. The van der Waals surface area contributed by atoms with Gasteiger partial charge < -0.3 is 29.3 Å². The Bertz CT molecular complexity index is 1610. The molecule has 13 nitrogen and oxygen atoms in total. The smallest absolute Gasteiger partial charge is 0.425 e. The summed E-state index contributed by atoms with van der Waals surface area (Å²) >= 11 is 0. The van der Waals surface area contributed by atoms with Gasteiger partial charge in [0.25, 0.3) is 5.56 Å². The number of nitrogens with zero attached hydrogens (tertiary/aromatic N) is 6. The van der Waals surface area contributed by atoms with E-state index in [-0.39, 0.29) is 64.2 Å². The highest BCUT2D eigenvalue weighted by Crippen LogP contribution is 2.33. The molecule has 1 saturated heterocycles. The summed E-state index contributed by atoms with van der Waals surface area (Å²) in [6.07, 6.45) is -9.60. The van der Waals surface area contributed by atoms with Crippen LogP contribution in [0.15, 0.2) is 47.7 Å². The van der Waals surface area contributed by atoms with E-state index in [1.54, 1.807) is 29.2 Å². The third kappa shape index (κ3) is 9.47. The third-order valence-corrected chi connectivity index (χ3v) is 7.08. The largest absolute Gasteiger partial charge is 0.497 e. The molecule has 1 atom stereocenters. The minimum atomic E-state index is -5.06. The number of carbonyl (C=O) groups excluding carboxylic acids is 2. The van der Waals surface area contributed by atoms with Gasteiger partial charge in [-0.15, -0.1) is 0 Å². The van der Waals surface area contributed by atoms with Crippen LogP contribution >= 0.6 is 0 Å². The van der Waals surface area contributed by atoms with Gasteiger partial charge in [0.05, 0.1) is 38.4 Å². The lowest BCUT2D eigenvalue weighted by Crippen LogP contribution is -2.49. The van der Waals surface area contributed by atoms with Crippen molar-refractivity contribution in [2.24, 2.45) is 0 Å². The van der Waals surface area contributed by atoms with Crippen molar-refractivity contribution in [3.63, 3.8) is 0 Å². The van der Waals surface area contributed by atoms with Crippen molar-refractivity contribution >= 4 is 17.9 Å². The number of rotatable bonds is 11. The van der Waals surface area contributed by atoms with E-state index in [1.807, 2.05) is 0 Å². The van der Waals surface area contributed by atoms with Crippen LogP contribution in [0.1, 0.15) is 30.0 Å². The van der Waals surface area contributed by atoms with Gasteiger partial charge in [-0.25, -0.2) is 19.4 Å². The Morgan fingerprint density at radius 1 is 0.958 bits per heavy atom. The van der Waals surface area contributed by atoms with Crippen molar-refractivity contribution in [1.29, 1.82) is 0 Å². The second-order valence-corrected chi connectivity index (χ2v) is 10.5. The van der Waals surface area contributed by atoms with E-state index in [9.17, 15) is 40.7 Å². The van der Waals surface area contributed by atoms with Crippen LogP contribution in [-0.2, 0) is 28.4 Å². The number of piperazine rings is 1. The number of hydrogen-bond donors (Lipinski definition) is 1. The van der Waals surface area contributed by atoms with Crippen LogP contribution in [0, 0.1) is 0 Å². The number of aromatic nitrogens is 4. The summed E-state index contributed by atoms with van der Waals surface area (Å²) in [5.41, 5.74) is -3.41. The molecule has 2 aromatic heterocycles. The van der Waals surface area contributed by atoms with E-state index in [4.69, 9.17) is 14.2 Å². The molecule has 3 aromatic rings. The maximum Gasteiger partial charge on any atom is 0.425 e. The highest BCUT2D eigenvalue weighted by molar-refractivity contribution is 5.77. The predicted molar refractivity (Wildman–Crippen MR) is 155 cm³/mol. The van der Waals surface area contributed by atoms with E-state index in [2.05, 4.69) is 20.4 Å². The van der Waals surface area contributed by atoms with Gasteiger partial charge in [-0.05, 0) is 24.6 Å². The zero-order valence-electron chi connectivity index (χ0n) is 25.7. The lowest BCUT2D eigenvalue weighted by molar-refractivity contribution is -0.141. The molecule has 0 bridgehead atoms. The third-order valence-electron chi connectivity index (χ3n) is 7.08. The lowest BCUT2D eigenvalue weighted by atomic mass is 10.2. The Balaban J connectivity index is 1.21. The highest BCUT2D eigenvalue weighted by atomic mass is 19.4. The molecule has 4 rings (SSSR count). The zero-order chi connectivity index (χ0) is 35.1. The molecule has 19 heteroatoms. The normalized spacial score (nSPS) is 14.3. The lowest BCUT2D eigenvalue weighted by Gasteiger charge is -2.34. The first-order valence-electron chi connectivity index (χ1n) is 14.4. The Kier molecular flexibility index (Phi) is 11.3. The molecule has 1 aliphatic rings. The number of nitrogens with one attached hydrogen (secondary N) is 1. The van der Waals surface area contributed by atoms with Crippen molar-refractivity contribution in [2.45, 2.75) is 38.3 Å². The standard InChI is InChI=1S/C29H31F6N7O6/c1-18(48-22-16-39-42(25(44)24(22)29(33,34)35)17-19-3-5-21(46-2)6-4-19)13-38-27(45)47-12-7-23(43)40-8-10-41(11-9-40)26-36-14-20(15-37-26)28(30,31)32/h3-6,14-16,18H,7-13,17H2,1-2H3,(H,38,45)/t18-/m0/s1. The fourth-order valence-electron chi connectivity index (χ4n) is 4.55. The Hall–Kier alpha value is -5.10. The molecular weight excluding hydrogens is 656 g/mol. The van der Waals surface area contributed by atoms with E-state index < -0.39 is 47.0 Å². The van der Waals surface area contributed by atoms with Gasteiger partial charge >= 0.3 is 18.4 Å². The molecule has 48 heavy (non-hydrogen) atoms. The van der Waals surface area contributed by atoms with Crippen LogP contribution in [0.25, 0.3) is 0 Å². The van der Waals surface area contributed by atoms with Crippen molar-refractivity contribution in [1.82, 2.24) is 30.0 Å². The summed E-state index contributed by atoms with van der Waals surface area (Å²) in [5.74, 6) is -0.505. The zero-order valence-corrected chi connectivity index (χ0v) is 25.7. The van der Waals surface area contributed by atoms with Crippen LogP contribution < -0.4 is 25.2 Å². The number of alkyl carbamates (subject to hydrolysis) is 1. The van der Waals surface area contributed by atoms with Crippen LogP contribution in [0.4, 0.5) is 37.1 Å². The fraction of sp³-hybridized carbons (Fsp3) is 0.448. The summed E-state index contributed by atoms with van der Waals surface area (Å²) in [4.78, 5) is 48.0. The number of carbonyl (C=O) groups is 2. The van der Waals surface area contributed by atoms with Crippen LogP contribution in [-0.4, -0.2) is 89.2 Å². The van der Waals surface area contributed by atoms with Gasteiger partial charge in [0.15, 0.2) is 11.3 Å². The van der Waals surface area contributed by atoms with Crippen LogP contribution in [0.5, 0.6) is 11.5 Å². The number of anilines is 1. The maximum absolute atomic E-state index is 13.9. The summed E-state index contributed by atoms with van der Waals surface area (Å²) in [5, 5.41) is 6.14. The molecule has 2 amide bonds. The minimum Gasteiger partial charge on any atom is -0.497 e. The molecule has 1 fully saturated rings. The van der Waals surface area contributed by atoms with Gasteiger partial charge in [0.2, 0.25) is 11.9 Å². The molecule has 1 aliphatic heterocycles. The second-order valence-electron chi connectivity index (χ2n) is 10.5. The van der Waals surface area contributed by atoms with Gasteiger partial charge in [-0.1, -0.05) is 12.1 Å². The average molecular weight is 688 g/mol. The number of benzene rings is 1. The molecule has 260 valence electrons. The fourth-order valence-corrected chi connectivity index (χ4v) is 4.55. The number of ether oxygens (including phenoxy) is 3. The quantitative estimate of drug-likeness (QED) is 0.299. The van der Waals surface area contributed by atoms with Gasteiger partial charge in [-0.3, -0.25) is 9.59 Å². The second kappa shape index (κ2) is 15.2. The van der Waals surface area contributed by atoms with Crippen molar-refractivity contribution in [2.75, 3.05) is 51.3 Å². The molecule has 0 radical (unpaired) electrons. The number of halogens is 6. The SMILES string of the molecule is COc1ccc(Cn2ncc(O[C@@H](C)CNC(=O)OCCC(=O)N3CCN(c4ncc(C(F)(F)F)cn4)CC3)c(C(F)(F)F)c2=O)cc1. The summed E-state index contributed by atoms with van der Waals surface area (Å²) in [7, 11) is 1.46. The first kappa shape index (κ1) is 35.7. The Morgan fingerprint density at radius 2 is 1.60 bits per heavy atom. The predicted octanol–water partition coefficient (Wildman–Crippen LogP) is 3.36. The Morgan fingerprint density at radius 3 is 2.19 bits per heavy atom. The Labute approximate surface area is 269 Å². The molecule has 1 aromatic carbocycles.